The summed E-state index contributed by atoms with van der Waals surface area (Å²) in [6.45, 7) is 2.81. The Balaban J connectivity index is 0.00000200. The molecule has 0 bridgehead atoms. The van der Waals surface area contributed by atoms with Gasteiger partial charge in [-0.15, -0.1) is 0 Å². The van der Waals surface area contributed by atoms with Crippen LogP contribution in [0.2, 0.25) is 0 Å². The highest BCUT2D eigenvalue weighted by molar-refractivity contribution is 5.85. The van der Waals surface area contributed by atoms with Crippen molar-refractivity contribution in [3.05, 3.63) is 45.6 Å². The molecular weight excluding hydrogens is 370 g/mol. The van der Waals surface area contributed by atoms with E-state index in [1.807, 2.05) is 6.92 Å². The number of benzene rings is 1. The number of hydrogen-bond acceptors (Lipinski definition) is 1. The summed E-state index contributed by atoms with van der Waals surface area (Å²) in [7, 11) is 6.29. The van der Waals surface area contributed by atoms with Gasteiger partial charge in [0.25, 0.3) is 5.56 Å². The Kier molecular flexibility index (Phi) is 5.32. The number of fused-ring (bicyclic) bond motifs is 1. The minimum atomic E-state index is -0.376. The highest BCUT2D eigenvalue weighted by Crippen LogP contribution is 2.22. The van der Waals surface area contributed by atoms with Gasteiger partial charge in [-0.05, 0) is 23.9 Å². The number of aromatic nitrogens is 1. The summed E-state index contributed by atoms with van der Waals surface area (Å²) in [5.41, 5.74) is 1.83. The molecule has 0 amide bonds. The molecule has 0 atom stereocenters. The van der Waals surface area contributed by atoms with E-state index >= 15 is 0 Å². The van der Waals surface area contributed by atoms with E-state index in [1.165, 1.54) is 12.1 Å². The Hall–Kier alpha value is -0.950. The Morgan fingerprint density at radius 3 is 2.40 bits per heavy atom. The lowest BCUT2D eigenvalue weighted by Crippen LogP contribution is -3.00. The van der Waals surface area contributed by atoms with E-state index in [9.17, 15) is 9.18 Å². The zero-order valence-electron chi connectivity index (χ0n) is 12.3. The lowest BCUT2D eigenvalue weighted by molar-refractivity contribution is -0.883. The molecule has 0 spiro atoms. The van der Waals surface area contributed by atoms with Crippen LogP contribution < -0.4 is 29.5 Å². The van der Waals surface area contributed by atoms with Crippen LogP contribution in [-0.2, 0) is 13.0 Å². The quantitative estimate of drug-likeness (QED) is 0.554. The Morgan fingerprint density at radius 1 is 1.20 bits per heavy atom. The Bertz CT molecular complexity index is 674. The summed E-state index contributed by atoms with van der Waals surface area (Å²) in [6.07, 6.45) is 0.762. The zero-order chi connectivity index (χ0) is 14.2. The van der Waals surface area contributed by atoms with Crippen molar-refractivity contribution in [2.24, 2.45) is 0 Å². The van der Waals surface area contributed by atoms with Crippen molar-refractivity contribution in [1.29, 1.82) is 0 Å². The molecule has 1 heterocycles. The Morgan fingerprint density at radius 2 is 1.85 bits per heavy atom. The number of nitrogens with zero attached hydrogens (tertiary/aromatic N) is 1. The largest absolute Gasteiger partial charge is 1.00 e. The molecule has 0 unspecified atom stereocenters. The minimum Gasteiger partial charge on any atom is -1.00 e. The summed E-state index contributed by atoms with van der Waals surface area (Å²) in [4.78, 5) is 14.9. The van der Waals surface area contributed by atoms with Gasteiger partial charge in [-0.25, -0.2) is 4.39 Å². The van der Waals surface area contributed by atoms with Crippen LogP contribution in [0.3, 0.4) is 0 Å². The first kappa shape index (κ1) is 17.1. The maximum Gasteiger partial charge on any atom is 0.256 e. The van der Waals surface area contributed by atoms with Gasteiger partial charge < -0.3 is 33.4 Å². The molecule has 0 aliphatic rings. The van der Waals surface area contributed by atoms with E-state index in [2.05, 4.69) is 26.1 Å². The predicted octanol–water partition coefficient (Wildman–Crippen LogP) is -0.560. The van der Waals surface area contributed by atoms with Gasteiger partial charge in [0.1, 0.15) is 12.4 Å². The van der Waals surface area contributed by atoms with Gasteiger partial charge in [-0.1, -0.05) is 13.0 Å². The molecule has 0 radical (unpaired) electrons. The van der Waals surface area contributed by atoms with E-state index in [4.69, 9.17) is 0 Å². The van der Waals surface area contributed by atoms with Gasteiger partial charge in [-0.2, -0.15) is 0 Å². The molecule has 5 heteroatoms. The third kappa shape index (κ3) is 3.58. The third-order valence-electron chi connectivity index (χ3n) is 3.17. The molecule has 20 heavy (non-hydrogen) atoms. The van der Waals surface area contributed by atoms with E-state index < -0.39 is 0 Å². The molecule has 110 valence electrons. The van der Waals surface area contributed by atoms with Crippen LogP contribution in [0.1, 0.15) is 18.2 Å². The Labute approximate surface area is 135 Å². The zero-order valence-corrected chi connectivity index (χ0v) is 14.4. The maximum atomic E-state index is 13.3. The van der Waals surface area contributed by atoms with Gasteiger partial charge in [0.15, 0.2) is 0 Å². The smallest absolute Gasteiger partial charge is 0.256 e. The van der Waals surface area contributed by atoms with Crippen LogP contribution in [-0.4, -0.2) is 30.6 Å². The van der Waals surface area contributed by atoms with Gasteiger partial charge >= 0.3 is 0 Å². The van der Waals surface area contributed by atoms with Crippen molar-refractivity contribution in [2.75, 3.05) is 21.1 Å². The van der Waals surface area contributed by atoms with E-state index in [1.54, 1.807) is 6.07 Å². The van der Waals surface area contributed by atoms with E-state index in [0.29, 0.717) is 5.39 Å². The normalized spacial score (nSPS) is 11.4. The molecule has 0 saturated carbocycles. The van der Waals surface area contributed by atoms with Crippen molar-refractivity contribution in [2.45, 2.75) is 19.9 Å². The number of nitrogens with one attached hydrogen (secondary N) is 1. The lowest BCUT2D eigenvalue weighted by atomic mass is 10.0. The summed E-state index contributed by atoms with van der Waals surface area (Å²) in [5.74, 6) is -0.376. The van der Waals surface area contributed by atoms with Crippen molar-refractivity contribution in [3.63, 3.8) is 0 Å². The molecule has 0 saturated heterocycles. The fraction of sp³-hybridized carbons (Fsp3) is 0.400. The van der Waals surface area contributed by atoms with Crippen LogP contribution in [0, 0.1) is 5.82 Å². The number of hydrogen-bond donors (Lipinski definition) is 1. The van der Waals surface area contributed by atoms with E-state index in [-0.39, 0.29) is 35.4 Å². The second-order valence-corrected chi connectivity index (χ2v) is 5.90. The first-order chi connectivity index (χ1) is 8.81. The maximum absolute atomic E-state index is 13.3. The van der Waals surface area contributed by atoms with Crippen molar-refractivity contribution < 1.29 is 32.9 Å². The molecule has 0 fully saturated rings. The average Bonchev–Trinajstić information content (AvgIpc) is 2.31. The molecule has 0 aliphatic heterocycles. The summed E-state index contributed by atoms with van der Waals surface area (Å²) < 4.78 is 14.1. The molecule has 0 aliphatic carbocycles. The lowest BCUT2D eigenvalue weighted by Gasteiger charge is -2.25. The molecular formula is C15H20FIN2O. The molecule has 2 aromatic rings. The molecule has 2 rings (SSSR count). The van der Waals surface area contributed by atoms with Crippen molar-refractivity contribution in [1.82, 2.24) is 4.98 Å². The van der Waals surface area contributed by atoms with Gasteiger partial charge in [0.05, 0.1) is 26.5 Å². The summed E-state index contributed by atoms with van der Waals surface area (Å²) >= 11 is 0. The first-order valence-electron chi connectivity index (χ1n) is 6.45. The average molecular weight is 390 g/mol. The topological polar surface area (TPSA) is 32.9 Å². The van der Waals surface area contributed by atoms with Gasteiger partial charge in [-0.3, -0.25) is 4.79 Å². The van der Waals surface area contributed by atoms with E-state index in [0.717, 1.165) is 34.1 Å². The molecule has 1 N–H and O–H groups in total. The van der Waals surface area contributed by atoms with Crippen LogP contribution >= 0.6 is 0 Å². The summed E-state index contributed by atoms with van der Waals surface area (Å²) in [6, 6.07) is 4.44. The fourth-order valence-electron chi connectivity index (χ4n) is 2.37. The number of rotatable bonds is 3. The van der Waals surface area contributed by atoms with Crippen LogP contribution in [0.4, 0.5) is 4.39 Å². The van der Waals surface area contributed by atoms with Crippen molar-refractivity contribution in [3.8, 4) is 0 Å². The predicted molar refractivity (Wildman–Crippen MR) is 75.6 cm³/mol. The third-order valence-corrected chi connectivity index (χ3v) is 3.17. The number of quaternary nitrogens is 1. The molecule has 3 nitrogen and oxygen atoms in total. The first-order valence-corrected chi connectivity index (χ1v) is 6.45. The summed E-state index contributed by atoms with van der Waals surface area (Å²) in [5, 5.41) is 1.29. The standard InChI is InChI=1S/C15H19FN2O.HI/c1-5-14-13(9-18(2,3)4)11-7-6-10(16)8-12(11)15(19)17-14;/h6-8H,5,9H2,1-4H3;1H. The highest BCUT2D eigenvalue weighted by atomic mass is 127. The number of H-pyrrole nitrogens is 1. The number of aromatic amines is 1. The number of pyridine rings is 1. The monoisotopic (exact) mass is 390 g/mol. The van der Waals surface area contributed by atoms with Gasteiger partial charge in [0, 0.05) is 11.3 Å². The molecule has 1 aromatic carbocycles. The van der Waals surface area contributed by atoms with Gasteiger partial charge in [0.2, 0.25) is 0 Å². The SMILES string of the molecule is CCc1[nH]c(=O)c2cc(F)ccc2c1C[N+](C)(C)C.[I-]. The van der Waals surface area contributed by atoms with Crippen LogP contribution in [0.25, 0.3) is 10.8 Å². The fourth-order valence-corrected chi connectivity index (χ4v) is 2.37. The highest BCUT2D eigenvalue weighted by Gasteiger charge is 2.17. The van der Waals surface area contributed by atoms with Crippen LogP contribution in [0.15, 0.2) is 23.0 Å². The second-order valence-electron chi connectivity index (χ2n) is 5.90. The van der Waals surface area contributed by atoms with Crippen molar-refractivity contribution >= 4 is 10.8 Å². The number of halogens is 2. The molecule has 1 aromatic heterocycles. The van der Waals surface area contributed by atoms with Crippen LogP contribution in [0.5, 0.6) is 0 Å². The number of aryl methyl sites for hydroxylation is 1. The second kappa shape index (κ2) is 6.22. The minimum absolute atomic E-state index is 0.